The van der Waals surface area contributed by atoms with Crippen molar-refractivity contribution in [3.8, 4) is 17.2 Å². The molecule has 4 nitrogen and oxygen atoms in total. The van der Waals surface area contributed by atoms with Crippen LogP contribution in [0.25, 0.3) is 0 Å². The van der Waals surface area contributed by atoms with Crippen LogP contribution in [0.5, 0.6) is 17.2 Å². The minimum absolute atomic E-state index is 0.00491. The standard InChI is InChI=1S/C21H28O4/c1-16-7-6-10-19(13-16)25-15-18(22)9-5-4-8-17-11-12-20(23-2)21(14-17)24-3/h6-7,10-14,18,22H,4-5,8-9,15H2,1-3H3/i2D3,3D3,6D,7D,9D2,10D,13D,15D2,18D. The van der Waals surface area contributed by atoms with Crippen molar-refractivity contribution in [2.24, 2.45) is 0 Å². The lowest BCUT2D eigenvalue weighted by Gasteiger charge is -2.13. The molecule has 0 radical (unpaired) electrons. The Morgan fingerprint density at radius 2 is 2.08 bits per heavy atom. The van der Waals surface area contributed by atoms with Crippen molar-refractivity contribution in [2.45, 2.75) is 38.6 Å². The lowest BCUT2D eigenvalue weighted by Crippen LogP contribution is -2.17. The van der Waals surface area contributed by atoms with Gasteiger partial charge in [0.1, 0.15) is 12.3 Å². The van der Waals surface area contributed by atoms with Crippen molar-refractivity contribution in [3.63, 3.8) is 0 Å². The predicted molar refractivity (Wildman–Crippen MR) is 99.8 cm³/mol. The topological polar surface area (TPSA) is 47.9 Å². The number of hydrogen-bond donors (Lipinski definition) is 1. The summed E-state index contributed by atoms with van der Waals surface area (Å²) in [6.07, 6.45) is -7.29. The van der Waals surface area contributed by atoms with Crippen LogP contribution in [0.3, 0.4) is 0 Å². The summed E-state index contributed by atoms with van der Waals surface area (Å²) in [5.74, 6) is -1.60. The van der Waals surface area contributed by atoms with Crippen LogP contribution >= 0.6 is 0 Å². The highest BCUT2D eigenvalue weighted by Gasteiger charge is 2.07. The van der Waals surface area contributed by atoms with Crippen LogP contribution in [-0.2, 0) is 6.42 Å². The number of ether oxygens (including phenoxy) is 3. The predicted octanol–water partition coefficient (Wildman–Crippen LogP) is 4.16. The number of benzene rings is 2. The maximum atomic E-state index is 10.7. The molecule has 0 saturated heterocycles. The number of aryl methyl sites for hydroxylation is 1. The molecule has 0 fully saturated rings. The van der Waals surface area contributed by atoms with Gasteiger partial charge in [-0.1, -0.05) is 24.6 Å². The van der Waals surface area contributed by atoms with Crippen LogP contribution in [0.15, 0.2) is 42.4 Å². The summed E-state index contributed by atoms with van der Waals surface area (Å²) in [6, 6.07) is 1.14. The minimum Gasteiger partial charge on any atom is -0.493 e. The third-order valence-electron chi connectivity index (χ3n) is 3.14. The Morgan fingerprint density at radius 3 is 2.92 bits per heavy atom. The molecule has 2 aromatic carbocycles. The summed E-state index contributed by atoms with van der Waals surface area (Å²) < 4.78 is 130. The van der Waals surface area contributed by atoms with Crippen molar-refractivity contribution in [1.29, 1.82) is 0 Å². The van der Waals surface area contributed by atoms with E-state index in [2.05, 4.69) is 0 Å². The maximum Gasteiger partial charge on any atom is 0.160 e. The molecule has 0 spiro atoms. The first-order chi connectivity index (χ1) is 17.9. The second-order valence-corrected chi connectivity index (χ2v) is 5.02. The summed E-state index contributed by atoms with van der Waals surface area (Å²) in [5.41, 5.74) is 0.243. The highest BCUT2D eigenvalue weighted by atomic mass is 16.5. The fourth-order valence-corrected chi connectivity index (χ4v) is 1.97. The largest absolute Gasteiger partial charge is 0.493 e. The van der Waals surface area contributed by atoms with Gasteiger partial charge in [-0.2, -0.15) is 0 Å². The van der Waals surface area contributed by atoms with Gasteiger partial charge in [0, 0.05) is 2.74 Å². The molecule has 0 aromatic heterocycles. The van der Waals surface area contributed by atoms with Crippen molar-refractivity contribution in [1.82, 2.24) is 0 Å². The Balaban J connectivity index is 2.24. The lowest BCUT2D eigenvalue weighted by atomic mass is 10.0. The molecule has 2 aromatic rings. The van der Waals surface area contributed by atoms with Crippen molar-refractivity contribution >= 4 is 0 Å². The quantitative estimate of drug-likeness (QED) is 0.692. The Morgan fingerprint density at radius 1 is 1.24 bits per heavy atom. The number of rotatable bonds is 10. The molecule has 0 aliphatic heterocycles. The smallest absolute Gasteiger partial charge is 0.160 e. The number of aliphatic hydroxyl groups is 1. The van der Waals surface area contributed by atoms with Crippen molar-refractivity contribution in [3.05, 3.63) is 53.5 Å². The highest BCUT2D eigenvalue weighted by Crippen LogP contribution is 2.28. The van der Waals surface area contributed by atoms with Gasteiger partial charge < -0.3 is 19.3 Å². The molecule has 1 unspecified atom stereocenters. The van der Waals surface area contributed by atoms with E-state index in [1.165, 1.54) is 19.1 Å². The summed E-state index contributed by atoms with van der Waals surface area (Å²) in [5, 5.41) is 10.7. The highest BCUT2D eigenvalue weighted by molar-refractivity contribution is 5.42. The normalized spacial score (nSPS) is 24.0. The Kier molecular flexibility index (Phi) is 2.86. The zero-order valence-electron chi connectivity index (χ0n) is 28.5. The van der Waals surface area contributed by atoms with Gasteiger partial charge in [0.25, 0.3) is 0 Å². The minimum atomic E-state index is -3.58. The first-order valence-electron chi connectivity index (χ1n) is 14.9. The molecule has 0 bridgehead atoms. The molecule has 25 heavy (non-hydrogen) atoms. The fourth-order valence-electron chi connectivity index (χ4n) is 1.97. The first kappa shape index (κ1) is 7.20. The van der Waals surface area contributed by atoms with E-state index in [0.29, 0.717) is 5.56 Å². The third kappa shape index (κ3) is 6.31. The average Bonchev–Trinajstić information content (AvgIpc) is 2.78. The van der Waals surface area contributed by atoms with Gasteiger partial charge in [-0.25, -0.2) is 0 Å². The molecule has 0 aliphatic carbocycles. The van der Waals surface area contributed by atoms with Gasteiger partial charge in [0.2, 0.25) is 0 Å². The molecular formula is C21H28O4. The van der Waals surface area contributed by atoms with E-state index in [0.717, 1.165) is 6.07 Å². The zero-order valence-corrected chi connectivity index (χ0v) is 13.5. The first-order valence-corrected chi connectivity index (χ1v) is 7.39. The Labute approximate surface area is 171 Å². The van der Waals surface area contributed by atoms with Crippen molar-refractivity contribution < 1.29 is 39.9 Å². The molecule has 0 saturated carbocycles. The number of methoxy groups -OCH3 is 2. The lowest BCUT2D eigenvalue weighted by molar-refractivity contribution is 0.0976. The van der Waals surface area contributed by atoms with E-state index in [-0.39, 0.29) is 24.2 Å². The van der Waals surface area contributed by atoms with Gasteiger partial charge in [-0.15, -0.1) is 0 Å². The van der Waals surface area contributed by atoms with E-state index in [1.807, 2.05) is 0 Å². The van der Waals surface area contributed by atoms with Crippen LogP contribution < -0.4 is 14.2 Å². The Bertz CT molecular complexity index is 1190. The SMILES string of the molecule is [2H]c1c([2H])c(C)c([2H])c(OC([2H])([2H])C([2H])(O)C([2H])([2H])CCCc2ccc(OC([2H])([2H])[2H])c(OC([2H])([2H])[2H])c2)c1[2H]. The summed E-state index contributed by atoms with van der Waals surface area (Å²) in [6.45, 7) is -2.24. The van der Waals surface area contributed by atoms with E-state index < -0.39 is 75.2 Å². The second kappa shape index (κ2) is 9.94. The van der Waals surface area contributed by atoms with Crippen LogP contribution in [0.1, 0.15) is 50.9 Å². The Hall–Kier alpha value is -2.20. The summed E-state index contributed by atoms with van der Waals surface area (Å²) >= 11 is 0. The van der Waals surface area contributed by atoms with Crippen LogP contribution in [0.2, 0.25) is 0 Å². The van der Waals surface area contributed by atoms with Crippen LogP contribution in [0.4, 0.5) is 0 Å². The average molecular weight is 360 g/mol. The molecule has 0 aliphatic rings. The number of hydrogen-bond acceptors (Lipinski definition) is 4. The van der Waals surface area contributed by atoms with Gasteiger partial charge >= 0.3 is 0 Å². The monoisotopic (exact) mass is 359 g/mol. The summed E-state index contributed by atoms with van der Waals surface area (Å²) in [4.78, 5) is 0. The van der Waals surface area contributed by atoms with Crippen LogP contribution in [-0.4, -0.2) is 31.8 Å². The molecule has 2 rings (SSSR count). The maximum absolute atomic E-state index is 10.7. The van der Waals surface area contributed by atoms with Crippen LogP contribution in [0, 0.1) is 6.92 Å². The van der Waals surface area contributed by atoms with Gasteiger partial charge in [0.15, 0.2) is 11.5 Å². The second-order valence-electron chi connectivity index (χ2n) is 5.02. The molecule has 0 heterocycles. The molecule has 1 N–H and O–H groups in total. The van der Waals surface area contributed by atoms with Crippen molar-refractivity contribution in [2.75, 3.05) is 20.6 Å². The van der Waals surface area contributed by atoms with Gasteiger partial charge in [-0.3, -0.25) is 0 Å². The zero-order chi connectivity index (χ0) is 31.1. The molecule has 0 amide bonds. The fraction of sp³-hybridized carbons (Fsp3) is 0.429. The molecule has 136 valence electrons. The molecule has 4 heteroatoms. The third-order valence-corrected chi connectivity index (χ3v) is 3.14. The van der Waals surface area contributed by atoms with Gasteiger partial charge in [-0.05, 0) is 61.5 Å². The molecular weight excluding hydrogens is 316 g/mol. The molecule has 1 atom stereocenters. The van der Waals surface area contributed by atoms with E-state index >= 15 is 0 Å². The van der Waals surface area contributed by atoms with Gasteiger partial charge in [0.05, 0.1) is 38.0 Å². The van der Waals surface area contributed by atoms with E-state index in [4.69, 9.17) is 34.8 Å². The van der Waals surface area contributed by atoms with E-state index in [9.17, 15) is 5.11 Å². The summed E-state index contributed by atoms with van der Waals surface area (Å²) in [7, 11) is -5.83. The van der Waals surface area contributed by atoms with E-state index in [1.54, 1.807) is 0 Å².